The number of aryl methyl sites for hydroxylation is 1. The second-order valence-corrected chi connectivity index (χ2v) is 6.97. The lowest BCUT2D eigenvalue weighted by Gasteiger charge is -2.12. The van der Waals surface area contributed by atoms with Crippen LogP contribution in [0.2, 0.25) is 0 Å². The van der Waals surface area contributed by atoms with Gasteiger partial charge in [-0.25, -0.2) is 4.39 Å². The third-order valence-electron chi connectivity index (χ3n) is 5.04. The van der Waals surface area contributed by atoms with Gasteiger partial charge in [-0.2, -0.15) is 0 Å². The summed E-state index contributed by atoms with van der Waals surface area (Å²) in [6.07, 6.45) is 5.63. The van der Waals surface area contributed by atoms with Crippen LogP contribution in [0.5, 0.6) is 11.5 Å². The molecule has 1 amide bonds. The van der Waals surface area contributed by atoms with Gasteiger partial charge in [0.25, 0.3) is 0 Å². The van der Waals surface area contributed by atoms with Gasteiger partial charge in [0.1, 0.15) is 5.75 Å². The highest BCUT2D eigenvalue weighted by Gasteiger charge is 2.24. The van der Waals surface area contributed by atoms with Crippen molar-refractivity contribution in [3.8, 4) is 11.5 Å². The minimum Gasteiger partial charge on any atom is -0.453 e. The number of hydrogen-bond donors (Lipinski definition) is 1. The summed E-state index contributed by atoms with van der Waals surface area (Å²) in [5.74, 6) is 0.381. The predicted molar refractivity (Wildman–Crippen MR) is 105 cm³/mol. The second-order valence-electron chi connectivity index (χ2n) is 6.97. The molecule has 1 atom stereocenters. The molecule has 142 valence electrons. The zero-order chi connectivity index (χ0) is 19.3. The first kappa shape index (κ1) is 18.2. The summed E-state index contributed by atoms with van der Waals surface area (Å²) in [5.41, 5.74) is 3.31. The van der Waals surface area contributed by atoms with Gasteiger partial charge in [0.2, 0.25) is 5.91 Å². The predicted octanol–water partition coefficient (Wildman–Crippen LogP) is 4.75. The molecule has 1 unspecified atom stereocenters. The highest BCUT2D eigenvalue weighted by Crippen LogP contribution is 2.35. The van der Waals surface area contributed by atoms with Crippen molar-refractivity contribution in [2.75, 3.05) is 0 Å². The van der Waals surface area contributed by atoms with E-state index >= 15 is 0 Å². The van der Waals surface area contributed by atoms with Gasteiger partial charge in [0, 0.05) is 19.2 Å². The number of fused-ring (bicyclic) bond motifs is 1. The molecular weight excluding hydrogens is 355 g/mol. The maximum atomic E-state index is 14.3. The zero-order valence-corrected chi connectivity index (χ0v) is 15.4. The molecule has 0 saturated heterocycles. The van der Waals surface area contributed by atoms with Crippen LogP contribution in [0.3, 0.4) is 0 Å². The Labute approximate surface area is 163 Å². The Bertz CT molecular complexity index is 975. The standard InChI is InChI=1S/C23H21FN2O2/c24-21-12-16(7-10-22(21)28-19-5-3-11-25-15-19)14-26-23(27)13-18-9-8-17-4-1-2-6-20(17)18/h1-7,10-12,15,18H,8-9,13-14H2,(H,26,27). The van der Waals surface area contributed by atoms with Gasteiger partial charge >= 0.3 is 0 Å². The largest absolute Gasteiger partial charge is 0.453 e. The van der Waals surface area contributed by atoms with Crippen molar-refractivity contribution in [1.29, 1.82) is 0 Å². The average Bonchev–Trinajstić information content (AvgIpc) is 3.12. The number of carbonyl (C=O) groups excluding carboxylic acids is 1. The molecule has 1 aliphatic carbocycles. The Balaban J connectivity index is 1.32. The summed E-state index contributed by atoms with van der Waals surface area (Å²) in [6, 6.07) is 16.4. The number of nitrogens with zero attached hydrogens (tertiary/aromatic N) is 1. The van der Waals surface area contributed by atoms with Crippen LogP contribution in [0.1, 0.15) is 35.4 Å². The van der Waals surface area contributed by atoms with E-state index in [1.54, 1.807) is 30.5 Å². The first-order chi connectivity index (χ1) is 13.7. The minimum absolute atomic E-state index is 0.0159. The van der Waals surface area contributed by atoms with E-state index in [-0.39, 0.29) is 24.1 Å². The topological polar surface area (TPSA) is 51.2 Å². The third-order valence-corrected chi connectivity index (χ3v) is 5.04. The van der Waals surface area contributed by atoms with Crippen LogP contribution in [0.4, 0.5) is 4.39 Å². The van der Waals surface area contributed by atoms with Crippen molar-refractivity contribution in [1.82, 2.24) is 10.3 Å². The van der Waals surface area contributed by atoms with Crippen LogP contribution in [-0.4, -0.2) is 10.9 Å². The Morgan fingerprint density at radius 2 is 2.07 bits per heavy atom. The number of pyridine rings is 1. The highest BCUT2D eigenvalue weighted by atomic mass is 19.1. The monoisotopic (exact) mass is 376 g/mol. The van der Waals surface area contributed by atoms with E-state index in [0.29, 0.717) is 17.7 Å². The molecule has 0 radical (unpaired) electrons. The van der Waals surface area contributed by atoms with Gasteiger partial charge in [0.15, 0.2) is 11.6 Å². The fraction of sp³-hybridized carbons (Fsp3) is 0.217. The molecule has 0 spiro atoms. The summed E-state index contributed by atoms with van der Waals surface area (Å²) in [5, 5.41) is 2.90. The maximum absolute atomic E-state index is 14.3. The fourth-order valence-corrected chi connectivity index (χ4v) is 3.63. The quantitative estimate of drug-likeness (QED) is 0.675. The number of halogens is 1. The number of carbonyl (C=O) groups is 1. The van der Waals surface area contributed by atoms with Crippen LogP contribution in [-0.2, 0) is 17.8 Å². The van der Waals surface area contributed by atoms with Crippen molar-refractivity contribution in [3.63, 3.8) is 0 Å². The molecule has 0 saturated carbocycles. The number of amides is 1. The maximum Gasteiger partial charge on any atom is 0.220 e. The first-order valence-electron chi connectivity index (χ1n) is 9.40. The third kappa shape index (κ3) is 4.19. The van der Waals surface area contributed by atoms with E-state index < -0.39 is 5.82 Å². The van der Waals surface area contributed by atoms with E-state index in [0.717, 1.165) is 12.8 Å². The Morgan fingerprint density at radius 3 is 2.89 bits per heavy atom. The fourth-order valence-electron chi connectivity index (χ4n) is 3.63. The minimum atomic E-state index is -0.472. The van der Waals surface area contributed by atoms with E-state index in [1.807, 2.05) is 12.1 Å². The van der Waals surface area contributed by atoms with E-state index in [4.69, 9.17) is 4.74 Å². The smallest absolute Gasteiger partial charge is 0.220 e. The van der Waals surface area contributed by atoms with Crippen molar-refractivity contribution in [2.45, 2.75) is 31.7 Å². The van der Waals surface area contributed by atoms with Crippen LogP contribution >= 0.6 is 0 Å². The Hall–Kier alpha value is -3.21. The SMILES string of the molecule is O=C(CC1CCc2ccccc21)NCc1ccc(Oc2cccnc2)c(F)c1. The number of ether oxygens (including phenoxy) is 1. The number of nitrogens with one attached hydrogen (secondary N) is 1. The Morgan fingerprint density at radius 1 is 1.18 bits per heavy atom. The van der Waals surface area contributed by atoms with Crippen LogP contribution < -0.4 is 10.1 Å². The molecule has 0 fully saturated rings. The molecule has 2 aromatic carbocycles. The lowest BCUT2D eigenvalue weighted by molar-refractivity contribution is -0.121. The average molecular weight is 376 g/mol. The molecule has 3 aromatic rings. The molecule has 4 rings (SSSR count). The molecule has 5 heteroatoms. The molecule has 0 aliphatic heterocycles. The number of benzene rings is 2. The van der Waals surface area contributed by atoms with Crippen LogP contribution in [0.15, 0.2) is 67.0 Å². The molecule has 1 heterocycles. The molecule has 1 aromatic heterocycles. The molecule has 1 N–H and O–H groups in total. The summed E-state index contributed by atoms with van der Waals surface area (Å²) < 4.78 is 19.8. The summed E-state index contributed by atoms with van der Waals surface area (Å²) in [6.45, 7) is 0.289. The van der Waals surface area contributed by atoms with Gasteiger partial charge in [-0.3, -0.25) is 9.78 Å². The van der Waals surface area contributed by atoms with Crippen LogP contribution in [0, 0.1) is 5.82 Å². The lowest BCUT2D eigenvalue weighted by Crippen LogP contribution is -2.24. The van der Waals surface area contributed by atoms with Crippen molar-refractivity contribution in [3.05, 3.63) is 89.5 Å². The lowest BCUT2D eigenvalue weighted by atomic mass is 9.97. The van der Waals surface area contributed by atoms with Crippen molar-refractivity contribution in [2.24, 2.45) is 0 Å². The number of hydrogen-bond acceptors (Lipinski definition) is 3. The molecule has 28 heavy (non-hydrogen) atoms. The second kappa shape index (κ2) is 8.21. The number of aromatic nitrogens is 1. The molecule has 1 aliphatic rings. The van der Waals surface area contributed by atoms with Crippen molar-refractivity contribution >= 4 is 5.91 Å². The summed E-state index contributed by atoms with van der Waals surface area (Å²) in [4.78, 5) is 16.3. The number of rotatable bonds is 6. The first-order valence-corrected chi connectivity index (χ1v) is 9.40. The van der Waals surface area contributed by atoms with Gasteiger partial charge < -0.3 is 10.1 Å². The highest BCUT2D eigenvalue weighted by molar-refractivity contribution is 5.77. The molecule has 0 bridgehead atoms. The molecular formula is C23H21FN2O2. The summed E-state index contributed by atoms with van der Waals surface area (Å²) >= 11 is 0. The van der Waals surface area contributed by atoms with Gasteiger partial charge in [-0.1, -0.05) is 30.3 Å². The van der Waals surface area contributed by atoms with Crippen LogP contribution in [0.25, 0.3) is 0 Å². The van der Waals surface area contributed by atoms with E-state index in [2.05, 4.69) is 22.4 Å². The van der Waals surface area contributed by atoms with E-state index in [1.165, 1.54) is 23.4 Å². The normalized spacial score (nSPS) is 15.1. The van der Waals surface area contributed by atoms with E-state index in [9.17, 15) is 9.18 Å². The van der Waals surface area contributed by atoms with Gasteiger partial charge in [-0.15, -0.1) is 0 Å². The zero-order valence-electron chi connectivity index (χ0n) is 15.4. The summed E-state index contributed by atoms with van der Waals surface area (Å²) in [7, 11) is 0. The van der Waals surface area contributed by atoms with Gasteiger partial charge in [0.05, 0.1) is 6.20 Å². The van der Waals surface area contributed by atoms with Crippen molar-refractivity contribution < 1.29 is 13.9 Å². The van der Waals surface area contributed by atoms with Gasteiger partial charge in [-0.05, 0) is 59.7 Å². The Kier molecular flexibility index (Phi) is 5.33. The molecule has 4 nitrogen and oxygen atoms in total.